The number of hydrogen-bond donors (Lipinski definition) is 1. The normalized spacial score (nSPS) is 11.2. The molecule has 0 unspecified atom stereocenters. The van der Waals surface area contributed by atoms with Crippen molar-refractivity contribution in [2.24, 2.45) is 0 Å². The average molecular weight is 337 g/mol. The van der Waals surface area contributed by atoms with E-state index < -0.39 is 22.7 Å². The van der Waals surface area contributed by atoms with E-state index in [1.165, 1.54) is 0 Å². The van der Waals surface area contributed by atoms with Crippen molar-refractivity contribution in [2.45, 2.75) is 6.61 Å². The summed E-state index contributed by atoms with van der Waals surface area (Å²) in [5.74, 6) is -0.655. The van der Waals surface area contributed by atoms with Gasteiger partial charge in [0.25, 0.3) is 10.1 Å². The third kappa shape index (κ3) is 5.68. The Morgan fingerprint density at radius 2 is 1.96 bits per heavy atom. The van der Waals surface area contributed by atoms with Crippen molar-refractivity contribution in [3.05, 3.63) is 48.2 Å². The Labute approximate surface area is 133 Å². The standard InChI is InChI=1S/C15H15NO6S/c1-23(19,20)22-9-12-5-3-7-14(16-12)11-4-2-6-13(8-11)21-10-15(17)18/h2-8H,9-10H2,1H3,(H,17,18). The quantitative estimate of drug-likeness (QED) is 0.767. The van der Waals surface area contributed by atoms with E-state index in [9.17, 15) is 13.2 Å². The smallest absolute Gasteiger partial charge is 0.341 e. The highest BCUT2D eigenvalue weighted by Gasteiger charge is 2.07. The van der Waals surface area contributed by atoms with Crippen LogP contribution in [0, 0.1) is 0 Å². The van der Waals surface area contributed by atoms with Crippen molar-refractivity contribution < 1.29 is 27.2 Å². The van der Waals surface area contributed by atoms with Gasteiger partial charge in [-0.05, 0) is 24.3 Å². The minimum atomic E-state index is -3.54. The van der Waals surface area contributed by atoms with Crippen molar-refractivity contribution in [3.8, 4) is 17.0 Å². The van der Waals surface area contributed by atoms with Gasteiger partial charge in [0.05, 0.1) is 17.6 Å². The van der Waals surface area contributed by atoms with Crippen LogP contribution in [0.2, 0.25) is 0 Å². The molecule has 2 aromatic rings. The van der Waals surface area contributed by atoms with Crippen molar-refractivity contribution in [1.82, 2.24) is 4.98 Å². The summed E-state index contributed by atoms with van der Waals surface area (Å²) in [7, 11) is -3.54. The first-order valence-corrected chi connectivity index (χ1v) is 8.40. The van der Waals surface area contributed by atoms with E-state index in [2.05, 4.69) is 4.98 Å². The Bertz CT molecular complexity index is 803. The summed E-state index contributed by atoms with van der Waals surface area (Å²) in [6.07, 6.45) is 0.972. The summed E-state index contributed by atoms with van der Waals surface area (Å²) >= 11 is 0. The number of carboxylic acid groups (broad SMARTS) is 1. The molecule has 0 radical (unpaired) electrons. The second-order valence-electron chi connectivity index (χ2n) is 4.69. The van der Waals surface area contributed by atoms with Gasteiger partial charge in [-0.3, -0.25) is 9.17 Å². The fourth-order valence-electron chi connectivity index (χ4n) is 1.78. The lowest BCUT2D eigenvalue weighted by Gasteiger charge is -2.07. The van der Waals surface area contributed by atoms with E-state index in [0.717, 1.165) is 6.26 Å². The molecule has 0 saturated carbocycles. The molecular formula is C15H15NO6S. The molecule has 0 aliphatic carbocycles. The van der Waals surface area contributed by atoms with Crippen LogP contribution in [0.4, 0.5) is 0 Å². The molecule has 1 N–H and O–H groups in total. The molecule has 2 rings (SSSR count). The third-order valence-corrected chi connectivity index (χ3v) is 3.27. The molecule has 8 heteroatoms. The van der Waals surface area contributed by atoms with E-state index in [1.54, 1.807) is 42.5 Å². The van der Waals surface area contributed by atoms with Crippen molar-refractivity contribution in [2.75, 3.05) is 12.9 Å². The summed E-state index contributed by atoms with van der Waals surface area (Å²) < 4.78 is 31.9. The molecule has 0 fully saturated rings. The summed E-state index contributed by atoms with van der Waals surface area (Å²) in [5, 5.41) is 8.62. The van der Waals surface area contributed by atoms with Crippen LogP contribution in [0.1, 0.15) is 5.69 Å². The van der Waals surface area contributed by atoms with E-state index in [1.807, 2.05) is 0 Å². The van der Waals surface area contributed by atoms with E-state index in [4.69, 9.17) is 14.0 Å². The highest BCUT2D eigenvalue weighted by atomic mass is 32.2. The monoisotopic (exact) mass is 337 g/mol. The van der Waals surface area contributed by atoms with Crippen LogP contribution in [0.15, 0.2) is 42.5 Å². The van der Waals surface area contributed by atoms with Crippen LogP contribution in [-0.4, -0.2) is 37.3 Å². The maximum Gasteiger partial charge on any atom is 0.341 e. The second kappa shape index (κ2) is 7.21. The molecule has 0 atom stereocenters. The molecule has 1 heterocycles. The number of carbonyl (C=O) groups is 1. The first-order valence-electron chi connectivity index (χ1n) is 6.59. The van der Waals surface area contributed by atoms with Gasteiger partial charge < -0.3 is 9.84 Å². The van der Waals surface area contributed by atoms with Crippen molar-refractivity contribution in [1.29, 1.82) is 0 Å². The van der Waals surface area contributed by atoms with Crippen LogP contribution in [0.5, 0.6) is 5.75 Å². The van der Waals surface area contributed by atoms with Crippen LogP contribution >= 0.6 is 0 Å². The number of carboxylic acids is 1. The number of benzene rings is 1. The van der Waals surface area contributed by atoms with Crippen LogP contribution in [0.3, 0.4) is 0 Å². The van der Waals surface area contributed by atoms with Gasteiger partial charge in [-0.1, -0.05) is 18.2 Å². The van der Waals surface area contributed by atoms with Gasteiger partial charge in [0, 0.05) is 5.56 Å². The lowest BCUT2D eigenvalue weighted by atomic mass is 10.1. The van der Waals surface area contributed by atoms with Gasteiger partial charge in [0.2, 0.25) is 0 Å². The number of rotatable bonds is 7. The Morgan fingerprint density at radius 3 is 2.65 bits per heavy atom. The van der Waals surface area contributed by atoms with Crippen LogP contribution in [-0.2, 0) is 25.7 Å². The highest BCUT2D eigenvalue weighted by Crippen LogP contribution is 2.22. The molecule has 1 aromatic carbocycles. The van der Waals surface area contributed by atoms with E-state index >= 15 is 0 Å². The van der Waals surface area contributed by atoms with Gasteiger partial charge in [-0.25, -0.2) is 4.79 Å². The Kier molecular flexibility index (Phi) is 5.30. The van der Waals surface area contributed by atoms with Crippen molar-refractivity contribution >= 4 is 16.1 Å². The average Bonchev–Trinajstić information content (AvgIpc) is 2.51. The third-order valence-electron chi connectivity index (χ3n) is 2.72. The topological polar surface area (TPSA) is 103 Å². The largest absolute Gasteiger partial charge is 0.482 e. The molecule has 0 aliphatic rings. The molecule has 0 amide bonds. The van der Waals surface area contributed by atoms with Gasteiger partial charge in [0.15, 0.2) is 6.61 Å². The zero-order valence-electron chi connectivity index (χ0n) is 12.3. The molecule has 0 aliphatic heterocycles. The summed E-state index contributed by atoms with van der Waals surface area (Å²) in [4.78, 5) is 14.8. The molecule has 23 heavy (non-hydrogen) atoms. The number of aliphatic carboxylic acids is 1. The Morgan fingerprint density at radius 1 is 1.22 bits per heavy atom. The molecule has 7 nitrogen and oxygen atoms in total. The second-order valence-corrected chi connectivity index (χ2v) is 6.33. The van der Waals surface area contributed by atoms with E-state index in [-0.39, 0.29) is 6.61 Å². The lowest BCUT2D eigenvalue weighted by molar-refractivity contribution is -0.139. The molecule has 0 spiro atoms. The van der Waals surface area contributed by atoms with Gasteiger partial charge in [-0.15, -0.1) is 0 Å². The molecular weight excluding hydrogens is 322 g/mol. The SMILES string of the molecule is CS(=O)(=O)OCc1cccc(-c2cccc(OCC(=O)O)c2)n1. The predicted molar refractivity (Wildman–Crippen MR) is 82.4 cm³/mol. The Hall–Kier alpha value is -2.45. The fraction of sp³-hybridized carbons (Fsp3) is 0.200. The number of ether oxygens (including phenoxy) is 1. The van der Waals surface area contributed by atoms with Crippen LogP contribution < -0.4 is 4.74 Å². The number of aromatic nitrogens is 1. The Balaban J connectivity index is 2.18. The molecule has 0 saturated heterocycles. The summed E-state index contributed by atoms with van der Waals surface area (Å²) in [6.45, 7) is -0.582. The zero-order valence-corrected chi connectivity index (χ0v) is 13.1. The van der Waals surface area contributed by atoms with Crippen molar-refractivity contribution in [3.63, 3.8) is 0 Å². The summed E-state index contributed by atoms with van der Waals surface area (Å²) in [6, 6.07) is 11.9. The van der Waals surface area contributed by atoms with Gasteiger partial charge in [0.1, 0.15) is 12.4 Å². The van der Waals surface area contributed by atoms with E-state index in [0.29, 0.717) is 22.7 Å². The molecule has 0 bridgehead atoms. The maximum absolute atomic E-state index is 11.0. The maximum atomic E-state index is 11.0. The zero-order chi connectivity index (χ0) is 16.9. The fourth-order valence-corrected chi connectivity index (χ4v) is 2.11. The molecule has 1 aromatic heterocycles. The minimum Gasteiger partial charge on any atom is -0.482 e. The number of pyridine rings is 1. The number of nitrogens with zero attached hydrogens (tertiary/aromatic N) is 1. The predicted octanol–water partition coefficient (Wildman–Crippen LogP) is 1.69. The molecule has 122 valence electrons. The first kappa shape index (κ1) is 16.9. The number of hydrogen-bond acceptors (Lipinski definition) is 6. The van der Waals surface area contributed by atoms with Gasteiger partial charge in [-0.2, -0.15) is 8.42 Å². The first-order chi connectivity index (χ1) is 10.8. The van der Waals surface area contributed by atoms with Crippen LogP contribution in [0.25, 0.3) is 11.3 Å². The summed E-state index contributed by atoms with van der Waals surface area (Å²) in [5.41, 5.74) is 1.78. The highest BCUT2D eigenvalue weighted by molar-refractivity contribution is 7.85. The minimum absolute atomic E-state index is 0.151. The van der Waals surface area contributed by atoms with Gasteiger partial charge >= 0.3 is 5.97 Å². The lowest BCUT2D eigenvalue weighted by Crippen LogP contribution is -2.09.